The van der Waals surface area contributed by atoms with Crippen LogP contribution in [0, 0.1) is 0 Å². The molecule has 0 radical (unpaired) electrons. The normalized spacial score (nSPS) is 11.3. The van der Waals surface area contributed by atoms with Gasteiger partial charge in [-0.1, -0.05) is 188 Å². The highest BCUT2D eigenvalue weighted by atomic mass is 16.3. The highest BCUT2D eigenvalue weighted by molar-refractivity contribution is 6.07. The highest BCUT2D eigenvalue weighted by Gasteiger charge is 2.22. The Kier molecular flexibility index (Phi) is 10.2. The summed E-state index contributed by atoms with van der Waals surface area (Å²) in [6.07, 6.45) is 0. The zero-order valence-corrected chi connectivity index (χ0v) is 36.7. The smallest absolute Gasteiger partial charge is 0.135 e. The van der Waals surface area contributed by atoms with Crippen molar-refractivity contribution in [2.45, 2.75) is 0 Å². The number of fused-ring (bicyclic) bond motifs is 4. The number of benzene rings is 11. The minimum absolute atomic E-state index is 0.860. The molecular weight excluding hydrogens is 813 g/mol. The monoisotopic (exact) mass is 856 g/mol. The first-order valence-corrected chi connectivity index (χ1v) is 22.8. The summed E-state index contributed by atoms with van der Waals surface area (Å²) in [5, 5.41) is 4.56. The zero-order valence-electron chi connectivity index (χ0n) is 36.7. The van der Waals surface area contributed by atoms with Crippen LogP contribution in [0.3, 0.4) is 0 Å². The Balaban J connectivity index is 1.10. The van der Waals surface area contributed by atoms with Gasteiger partial charge in [0, 0.05) is 44.9 Å². The second-order valence-electron chi connectivity index (χ2n) is 17.0. The third kappa shape index (κ3) is 7.69. The average molecular weight is 857 g/mol. The van der Waals surface area contributed by atoms with Crippen LogP contribution >= 0.6 is 0 Å². The van der Waals surface area contributed by atoms with Crippen molar-refractivity contribution in [1.82, 2.24) is 0 Å². The first kappa shape index (κ1) is 39.7. The standard InChI is InChI=1S/C64H44N2O/c1-4-15-45(16-5-1)48-27-33-53(34-28-48)65(54-35-29-49(30-36-54)46-17-6-2-7-18-46)57-41-52(60-25-14-22-51-21-10-11-23-59(51)60)42-58(43-57)66(55-37-31-50(32-38-55)47-19-8-3-9-20-47)56-39-40-64-62(44-56)61-24-12-13-26-63(61)67-64/h1-44H. The summed E-state index contributed by atoms with van der Waals surface area (Å²) in [7, 11) is 0. The van der Waals surface area contributed by atoms with Crippen molar-refractivity contribution in [2.75, 3.05) is 9.80 Å². The van der Waals surface area contributed by atoms with Crippen LogP contribution in [-0.4, -0.2) is 0 Å². The van der Waals surface area contributed by atoms with E-state index in [9.17, 15) is 0 Å². The molecule has 0 spiro atoms. The summed E-state index contributed by atoms with van der Waals surface area (Å²) >= 11 is 0. The van der Waals surface area contributed by atoms with Gasteiger partial charge >= 0.3 is 0 Å². The number of rotatable bonds is 10. The maximum Gasteiger partial charge on any atom is 0.135 e. The molecule has 1 heterocycles. The van der Waals surface area contributed by atoms with Gasteiger partial charge in [0.2, 0.25) is 0 Å². The molecule has 0 fully saturated rings. The maximum absolute atomic E-state index is 6.38. The van der Waals surface area contributed by atoms with E-state index in [1.54, 1.807) is 0 Å². The molecule has 0 saturated carbocycles. The topological polar surface area (TPSA) is 19.6 Å². The van der Waals surface area contributed by atoms with Crippen LogP contribution in [0.1, 0.15) is 0 Å². The zero-order chi connectivity index (χ0) is 44.5. The lowest BCUT2D eigenvalue weighted by Crippen LogP contribution is -2.14. The molecule has 67 heavy (non-hydrogen) atoms. The molecule has 12 aromatic rings. The van der Waals surface area contributed by atoms with E-state index in [1.165, 1.54) is 38.6 Å². The third-order valence-corrected chi connectivity index (χ3v) is 12.8. The van der Waals surface area contributed by atoms with Crippen LogP contribution in [0.4, 0.5) is 34.1 Å². The van der Waals surface area contributed by atoms with Crippen molar-refractivity contribution in [1.29, 1.82) is 0 Å². The van der Waals surface area contributed by atoms with E-state index in [0.717, 1.165) is 72.8 Å². The second kappa shape index (κ2) is 17.2. The Bertz CT molecular complexity index is 3570. The van der Waals surface area contributed by atoms with Gasteiger partial charge in [-0.2, -0.15) is 0 Å². The Labute approximate surface area is 390 Å². The molecule has 0 aliphatic rings. The maximum atomic E-state index is 6.38. The Hall–Kier alpha value is -8.92. The summed E-state index contributed by atoms with van der Waals surface area (Å²) in [6, 6.07) is 95.8. The van der Waals surface area contributed by atoms with Crippen LogP contribution in [0.2, 0.25) is 0 Å². The number of anilines is 6. The number of hydrogen-bond acceptors (Lipinski definition) is 3. The molecule has 316 valence electrons. The molecule has 0 N–H and O–H groups in total. The molecule has 1 aromatic heterocycles. The van der Waals surface area contributed by atoms with Gasteiger partial charge < -0.3 is 14.2 Å². The fraction of sp³-hybridized carbons (Fsp3) is 0. The predicted octanol–water partition coefficient (Wildman–Crippen LogP) is 18.3. The second-order valence-corrected chi connectivity index (χ2v) is 17.0. The number of para-hydroxylation sites is 1. The molecule has 12 rings (SSSR count). The van der Waals surface area contributed by atoms with Gasteiger partial charge in [0.05, 0.1) is 0 Å². The average Bonchev–Trinajstić information content (AvgIpc) is 3.78. The molecule has 3 heteroatoms. The SMILES string of the molecule is c1ccc(-c2ccc(N(c3ccc(-c4ccccc4)cc3)c3cc(-c4cccc5ccccc45)cc(N(c4ccc(-c5ccccc5)cc4)c4ccc5oc6ccccc6c5c4)c3)cc2)cc1. The lowest BCUT2D eigenvalue weighted by Gasteiger charge is -2.31. The van der Waals surface area contributed by atoms with Gasteiger partial charge in [-0.3, -0.25) is 0 Å². The predicted molar refractivity (Wildman–Crippen MR) is 282 cm³/mol. The van der Waals surface area contributed by atoms with Gasteiger partial charge in [0.15, 0.2) is 0 Å². The fourth-order valence-corrected chi connectivity index (χ4v) is 9.53. The Morgan fingerprint density at radius 1 is 0.224 bits per heavy atom. The Morgan fingerprint density at radius 2 is 0.627 bits per heavy atom. The van der Waals surface area contributed by atoms with E-state index in [1.807, 2.05) is 12.1 Å². The number of nitrogens with zero attached hydrogens (tertiary/aromatic N) is 2. The van der Waals surface area contributed by atoms with Crippen LogP contribution in [0.5, 0.6) is 0 Å². The van der Waals surface area contributed by atoms with Crippen molar-refractivity contribution >= 4 is 66.8 Å². The Morgan fingerprint density at radius 3 is 1.16 bits per heavy atom. The van der Waals surface area contributed by atoms with Crippen molar-refractivity contribution in [3.05, 3.63) is 267 Å². The lowest BCUT2D eigenvalue weighted by atomic mass is 9.96. The van der Waals surface area contributed by atoms with Crippen LogP contribution < -0.4 is 9.80 Å². The first-order chi connectivity index (χ1) is 33.2. The molecule has 3 nitrogen and oxygen atoms in total. The van der Waals surface area contributed by atoms with Crippen molar-refractivity contribution in [2.24, 2.45) is 0 Å². The van der Waals surface area contributed by atoms with Gasteiger partial charge in [-0.25, -0.2) is 0 Å². The molecule has 0 aliphatic carbocycles. The van der Waals surface area contributed by atoms with Crippen molar-refractivity contribution in [3.63, 3.8) is 0 Å². The van der Waals surface area contributed by atoms with E-state index in [0.29, 0.717) is 0 Å². The molecule has 0 saturated heterocycles. The van der Waals surface area contributed by atoms with E-state index in [4.69, 9.17) is 4.42 Å². The molecule has 0 unspecified atom stereocenters. The van der Waals surface area contributed by atoms with Crippen molar-refractivity contribution in [3.8, 4) is 44.5 Å². The quantitative estimate of drug-likeness (QED) is 0.137. The van der Waals surface area contributed by atoms with Gasteiger partial charge in [-0.15, -0.1) is 0 Å². The van der Waals surface area contributed by atoms with Gasteiger partial charge in [0.25, 0.3) is 0 Å². The van der Waals surface area contributed by atoms with Gasteiger partial charge in [0.1, 0.15) is 11.2 Å². The third-order valence-electron chi connectivity index (χ3n) is 12.8. The van der Waals surface area contributed by atoms with E-state index in [2.05, 4.69) is 265 Å². The molecule has 0 bridgehead atoms. The molecular formula is C64H44N2O. The summed E-state index contributed by atoms with van der Waals surface area (Å²) in [5.41, 5.74) is 17.3. The summed E-state index contributed by atoms with van der Waals surface area (Å²) in [6.45, 7) is 0. The number of furan rings is 1. The van der Waals surface area contributed by atoms with Crippen LogP contribution in [0.25, 0.3) is 77.2 Å². The largest absolute Gasteiger partial charge is 0.456 e. The highest BCUT2D eigenvalue weighted by Crippen LogP contribution is 2.46. The van der Waals surface area contributed by atoms with E-state index >= 15 is 0 Å². The number of hydrogen-bond donors (Lipinski definition) is 0. The van der Waals surface area contributed by atoms with Crippen LogP contribution in [0.15, 0.2) is 271 Å². The molecule has 0 amide bonds. The van der Waals surface area contributed by atoms with Crippen LogP contribution in [-0.2, 0) is 0 Å². The van der Waals surface area contributed by atoms with Gasteiger partial charge in [-0.05, 0) is 134 Å². The van der Waals surface area contributed by atoms with E-state index in [-0.39, 0.29) is 0 Å². The molecule has 11 aromatic carbocycles. The molecule has 0 atom stereocenters. The van der Waals surface area contributed by atoms with Crippen molar-refractivity contribution < 1.29 is 4.42 Å². The minimum Gasteiger partial charge on any atom is -0.456 e. The minimum atomic E-state index is 0.860. The van der Waals surface area contributed by atoms with E-state index < -0.39 is 0 Å². The summed E-state index contributed by atoms with van der Waals surface area (Å²) in [4.78, 5) is 4.79. The molecule has 0 aliphatic heterocycles. The lowest BCUT2D eigenvalue weighted by molar-refractivity contribution is 0.669. The first-order valence-electron chi connectivity index (χ1n) is 22.8. The fourth-order valence-electron chi connectivity index (χ4n) is 9.53. The summed E-state index contributed by atoms with van der Waals surface area (Å²) in [5.74, 6) is 0. The summed E-state index contributed by atoms with van der Waals surface area (Å²) < 4.78 is 6.38.